The predicted molar refractivity (Wildman–Crippen MR) is 77.6 cm³/mol. The molecule has 0 aliphatic carbocycles. The van der Waals surface area contributed by atoms with Gasteiger partial charge in [-0.05, 0) is 52.4 Å². The van der Waals surface area contributed by atoms with E-state index in [4.69, 9.17) is 5.26 Å². The van der Waals surface area contributed by atoms with Crippen molar-refractivity contribution < 1.29 is 4.39 Å². The van der Waals surface area contributed by atoms with Crippen LogP contribution in [0.25, 0.3) is 0 Å². The molecule has 0 atom stereocenters. The molecule has 0 radical (unpaired) electrons. The summed E-state index contributed by atoms with van der Waals surface area (Å²) in [5.41, 5.74) is 2.47. The quantitative estimate of drug-likeness (QED) is 0.851. The van der Waals surface area contributed by atoms with Crippen molar-refractivity contribution in [2.45, 2.75) is 6.54 Å². The van der Waals surface area contributed by atoms with Gasteiger partial charge in [0.1, 0.15) is 5.82 Å². The van der Waals surface area contributed by atoms with E-state index in [1.165, 1.54) is 6.07 Å². The summed E-state index contributed by atoms with van der Waals surface area (Å²) >= 11 is 1.98. The molecule has 4 heteroatoms. The number of hydrogen-bond acceptors (Lipinski definition) is 2. The van der Waals surface area contributed by atoms with E-state index in [0.717, 1.165) is 11.3 Å². The third-order valence-electron chi connectivity index (χ3n) is 2.52. The van der Waals surface area contributed by atoms with E-state index in [2.05, 4.69) is 11.4 Å². The lowest BCUT2D eigenvalue weighted by atomic mass is 10.1. The van der Waals surface area contributed by atoms with Gasteiger partial charge in [0.05, 0.1) is 20.9 Å². The maximum atomic E-state index is 13.3. The van der Waals surface area contributed by atoms with Crippen LogP contribution in [0.4, 0.5) is 10.1 Å². The summed E-state index contributed by atoms with van der Waals surface area (Å²) in [6.45, 7) is 0.602. The normalized spacial score (nSPS) is 9.83. The van der Waals surface area contributed by atoms with Crippen LogP contribution in [0.3, 0.4) is 0 Å². The second-order valence-corrected chi connectivity index (χ2v) is 4.84. The van der Waals surface area contributed by atoms with Crippen LogP contribution in [0.1, 0.15) is 11.1 Å². The fourth-order valence-electron chi connectivity index (χ4n) is 1.53. The third kappa shape index (κ3) is 2.99. The highest BCUT2D eigenvalue weighted by Crippen LogP contribution is 2.21. The molecule has 0 aromatic heterocycles. The van der Waals surface area contributed by atoms with Crippen LogP contribution in [0.2, 0.25) is 0 Å². The Kier molecular flexibility index (Phi) is 4.15. The second-order valence-electron chi connectivity index (χ2n) is 3.76. The van der Waals surface area contributed by atoms with E-state index < -0.39 is 0 Å². The van der Waals surface area contributed by atoms with Gasteiger partial charge >= 0.3 is 0 Å². The molecule has 2 rings (SSSR count). The van der Waals surface area contributed by atoms with E-state index in [9.17, 15) is 4.39 Å². The number of anilines is 1. The third-order valence-corrected chi connectivity index (χ3v) is 3.61. The molecule has 2 aromatic carbocycles. The Morgan fingerprint density at radius 1 is 1.17 bits per heavy atom. The molecule has 90 valence electrons. The molecule has 0 heterocycles. The topological polar surface area (TPSA) is 35.8 Å². The molecular weight excluding hydrogens is 342 g/mol. The fraction of sp³-hybridized carbons (Fsp3) is 0.0714. The van der Waals surface area contributed by atoms with Crippen molar-refractivity contribution in [3.8, 4) is 6.07 Å². The minimum Gasteiger partial charge on any atom is -0.380 e. The maximum absolute atomic E-state index is 13.3. The van der Waals surface area contributed by atoms with Crippen LogP contribution >= 0.6 is 22.6 Å². The van der Waals surface area contributed by atoms with Crippen LogP contribution in [-0.4, -0.2) is 0 Å². The largest absolute Gasteiger partial charge is 0.380 e. The number of nitrogens with zero attached hydrogens (tertiary/aromatic N) is 1. The Hall–Kier alpha value is -1.61. The van der Waals surface area contributed by atoms with Gasteiger partial charge in [-0.15, -0.1) is 0 Å². The number of halogens is 2. The highest BCUT2D eigenvalue weighted by Gasteiger charge is 2.04. The lowest BCUT2D eigenvalue weighted by Crippen LogP contribution is -2.02. The number of benzene rings is 2. The zero-order valence-electron chi connectivity index (χ0n) is 9.45. The monoisotopic (exact) mass is 352 g/mol. The molecule has 18 heavy (non-hydrogen) atoms. The lowest BCUT2D eigenvalue weighted by Gasteiger charge is -2.09. The fourth-order valence-corrected chi connectivity index (χ4v) is 2.09. The Morgan fingerprint density at radius 3 is 2.56 bits per heavy atom. The summed E-state index contributed by atoms with van der Waals surface area (Å²) in [5.74, 6) is -0.222. The van der Waals surface area contributed by atoms with Gasteiger partial charge in [0.25, 0.3) is 0 Å². The highest BCUT2D eigenvalue weighted by molar-refractivity contribution is 14.1. The summed E-state index contributed by atoms with van der Waals surface area (Å²) in [6.07, 6.45) is 0. The van der Waals surface area contributed by atoms with E-state index in [0.29, 0.717) is 15.7 Å². The molecule has 0 unspecified atom stereocenters. The van der Waals surface area contributed by atoms with Crippen molar-refractivity contribution in [1.82, 2.24) is 0 Å². The van der Waals surface area contributed by atoms with E-state index in [1.54, 1.807) is 18.2 Å². The zero-order chi connectivity index (χ0) is 13.0. The Labute approximate surface area is 119 Å². The Morgan fingerprint density at radius 2 is 1.89 bits per heavy atom. The average Bonchev–Trinajstić information content (AvgIpc) is 2.41. The van der Waals surface area contributed by atoms with Crippen molar-refractivity contribution in [2.24, 2.45) is 0 Å². The van der Waals surface area contributed by atoms with Crippen LogP contribution < -0.4 is 5.32 Å². The van der Waals surface area contributed by atoms with Gasteiger partial charge in [-0.2, -0.15) is 5.26 Å². The summed E-state index contributed by atoms with van der Waals surface area (Å²) < 4.78 is 13.9. The predicted octanol–water partition coefficient (Wildman–Crippen LogP) is 3.91. The molecule has 0 fully saturated rings. The van der Waals surface area contributed by atoms with Gasteiger partial charge in [0.2, 0.25) is 0 Å². The van der Waals surface area contributed by atoms with Gasteiger partial charge in [0.15, 0.2) is 0 Å². The standard InChI is InChI=1S/C14H10FIN2/c15-12-2-1-3-13(14(12)16)18-9-11-6-4-10(8-17)5-7-11/h1-7,18H,9H2. The molecule has 0 bridgehead atoms. The van der Waals surface area contributed by atoms with Crippen molar-refractivity contribution in [1.29, 1.82) is 5.26 Å². The molecule has 1 N–H and O–H groups in total. The van der Waals surface area contributed by atoms with Crippen molar-refractivity contribution in [2.75, 3.05) is 5.32 Å². The van der Waals surface area contributed by atoms with E-state index in [1.807, 2.05) is 40.8 Å². The van der Waals surface area contributed by atoms with Crippen molar-refractivity contribution >= 4 is 28.3 Å². The summed E-state index contributed by atoms with van der Waals surface area (Å²) in [6, 6.07) is 14.3. The molecule has 0 aliphatic heterocycles. The van der Waals surface area contributed by atoms with Gasteiger partial charge in [0, 0.05) is 6.54 Å². The first-order valence-electron chi connectivity index (χ1n) is 5.37. The maximum Gasteiger partial charge on any atom is 0.138 e. The minimum absolute atomic E-state index is 0.222. The molecule has 2 nitrogen and oxygen atoms in total. The van der Waals surface area contributed by atoms with Gasteiger partial charge in [-0.1, -0.05) is 18.2 Å². The second kappa shape index (κ2) is 5.83. The average molecular weight is 352 g/mol. The van der Waals surface area contributed by atoms with Crippen LogP contribution in [0.15, 0.2) is 42.5 Å². The van der Waals surface area contributed by atoms with Crippen molar-refractivity contribution in [3.05, 3.63) is 63.0 Å². The smallest absolute Gasteiger partial charge is 0.138 e. The number of nitrogens with one attached hydrogen (secondary N) is 1. The van der Waals surface area contributed by atoms with Crippen LogP contribution in [-0.2, 0) is 6.54 Å². The van der Waals surface area contributed by atoms with Crippen LogP contribution in [0.5, 0.6) is 0 Å². The van der Waals surface area contributed by atoms with Gasteiger partial charge in [-0.3, -0.25) is 0 Å². The highest BCUT2D eigenvalue weighted by atomic mass is 127. The van der Waals surface area contributed by atoms with Gasteiger partial charge < -0.3 is 5.32 Å². The minimum atomic E-state index is -0.222. The molecule has 0 saturated heterocycles. The Balaban J connectivity index is 2.07. The lowest BCUT2D eigenvalue weighted by molar-refractivity contribution is 0.621. The molecule has 2 aromatic rings. The molecular formula is C14H10FIN2. The summed E-state index contributed by atoms with van der Waals surface area (Å²) in [5, 5.41) is 11.9. The number of hydrogen-bond donors (Lipinski definition) is 1. The molecule has 0 amide bonds. The summed E-state index contributed by atoms with van der Waals surface area (Å²) in [4.78, 5) is 0. The van der Waals surface area contributed by atoms with Crippen molar-refractivity contribution in [3.63, 3.8) is 0 Å². The van der Waals surface area contributed by atoms with Gasteiger partial charge in [-0.25, -0.2) is 4.39 Å². The molecule has 0 spiro atoms. The summed E-state index contributed by atoms with van der Waals surface area (Å²) in [7, 11) is 0. The number of rotatable bonds is 3. The first-order valence-corrected chi connectivity index (χ1v) is 6.45. The first kappa shape index (κ1) is 12.8. The molecule has 0 saturated carbocycles. The molecule has 0 aliphatic rings. The zero-order valence-corrected chi connectivity index (χ0v) is 11.6. The SMILES string of the molecule is N#Cc1ccc(CNc2cccc(F)c2I)cc1. The van der Waals surface area contributed by atoms with E-state index >= 15 is 0 Å². The van der Waals surface area contributed by atoms with E-state index in [-0.39, 0.29) is 5.82 Å². The van der Waals surface area contributed by atoms with Crippen LogP contribution in [0, 0.1) is 20.7 Å². The number of nitriles is 1. The Bertz CT molecular complexity index is 588. The first-order chi connectivity index (χ1) is 8.70.